The van der Waals surface area contributed by atoms with Gasteiger partial charge in [0.1, 0.15) is 5.75 Å². The summed E-state index contributed by atoms with van der Waals surface area (Å²) in [6.07, 6.45) is 2.39. The van der Waals surface area contributed by atoms with Crippen molar-refractivity contribution in [2.24, 2.45) is 0 Å². The van der Waals surface area contributed by atoms with Crippen LogP contribution in [0.2, 0.25) is 0 Å². The van der Waals surface area contributed by atoms with Gasteiger partial charge in [0.25, 0.3) is 0 Å². The molecule has 60 valence electrons. The largest absolute Gasteiger partial charge is 0.495 e. The Kier molecular flexibility index (Phi) is 2.38. The molecule has 1 aromatic heterocycles. The van der Waals surface area contributed by atoms with Crippen LogP contribution in [-0.4, -0.2) is 17.2 Å². The molecule has 3 nitrogen and oxygen atoms in total. The lowest BCUT2D eigenvalue weighted by molar-refractivity contribution is 0.266. The molecule has 0 aliphatic rings. The van der Waals surface area contributed by atoms with Crippen LogP contribution in [0.25, 0.3) is 0 Å². The average Bonchev–Trinajstić information content (AvgIpc) is 2.04. The molecule has 0 fully saturated rings. The molecule has 1 heterocycles. The topological polar surface area (TPSA) is 42.4 Å². The van der Waals surface area contributed by atoms with E-state index in [1.165, 1.54) is 13.3 Å². The van der Waals surface area contributed by atoms with Gasteiger partial charge >= 0.3 is 0 Å². The molecule has 0 amide bonds. The van der Waals surface area contributed by atoms with Crippen molar-refractivity contribution in [2.75, 3.05) is 7.11 Å². The minimum atomic E-state index is -0.549. The quantitative estimate of drug-likeness (QED) is 0.687. The second-order valence-corrected chi connectivity index (χ2v) is 1.96. The van der Waals surface area contributed by atoms with Crippen LogP contribution in [0, 0.1) is 5.82 Å². The molecule has 0 spiro atoms. The van der Waals surface area contributed by atoms with Crippen molar-refractivity contribution in [3.05, 3.63) is 23.8 Å². The van der Waals surface area contributed by atoms with Crippen molar-refractivity contribution >= 4 is 0 Å². The smallest absolute Gasteiger partial charge is 0.150 e. The van der Waals surface area contributed by atoms with E-state index in [1.807, 2.05) is 0 Å². The normalized spacial score (nSPS) is 9.73. The molecule has 1 rings (SSSR count). The molecule has 11 heavy (non-hydrogen) atoms. The van der Waals surface area contributed by atoms with Gasteiger partial charge in [-0.15, -0.1) is 0 Å². The van der Waals surface area contributed by atoms with Crippen LogP contribution in [-0.2, 0) is 6.61 Å². The molecule has 0 saturated heterocycles. The van der Waals surface area contributed by atoms with E-state index in [-0.39, 0.29) is 17.9 Å². The highest BCUT2D eigenvalue weighted by molar-refractivity contribution is 5.30. The molecular weight excluding hydrogens is 149 g/mol. The lowest BCUT2D eigenvalue weighted by Crippen LogP contribution is -1.96. The fourth-order valence-corrected chi connectivity index (χ4v) is 0.773. The SMILES string of the molecule is COc1cncc(F)c1CO. The summed E-state index contributed by atoms with van der Waals surface area (Å²) < 4.78 is 17.5. The zero-order valence-electron chi connectivity index (χ0n) is 6.04. The number of aliphatic hydroxyl groups is 1. The molecule has 1 aromatic rings. The number of ether oxygens (including phenoxy) is 1. The van der Waals surface area contributed by atoms with Gasteiger partial charge in [-0.2, -0.15) is 0 Å². The molecular formula is C7H8FNO2. The zero-order chi connectivity index (χ0) is 8.27. The predicted molar refractivity (Wildman–Crippen MR) is 36.7 cm³/mol. The van der Waals surface area contributed by atoms with Crippen LogP contribution in [0.1, 0.15) is 5.56 Å². The molecule has 1 N–H and O–H groups in total. The van der Waals surface area contributed by atoms with E-state index in [2.05, 4.69) is 4.98 Å². The number of nitrogens with zero attached hydrogens (tertiary/aromatic N) is 1. The molecule has 0 aliphatic heterocycles. The van der Waals surface area contributed by atoms with E-state index < -0.39 is 5.82 Å². The Labute approximate surface area is 63.5 Å². The van der Waals surface area contributed by atoms with Crippen LogP contribution >= 0.6 is 0 Å². The standard InChI is InChI=1S/C7H8FNO2/c1-11-7-3-9-2-6(8)5(7)4-10/h2-3,10H,4H2,1H3. The van der Waals surface area contributed by atoms with Crippen molar-refractivity contribution in [3.8, 4) is 5.75 Å². The van der Waals surface area contributed by atoms with Gasteiger partial charge in [-0.05, 0) is 0 Å². The third-order valence-electron chi connectivity index (χ3n) is 1.34. The van der Waals surface area contributed by atoms with E-state index in [9.17, 15) is 4.39 Å². The van der Waals surface area contributed by atoms with Gasteiger partial charge in [0.05, 0.1) is 31.7 Å². The maximum atomic E-state index is 12.7. The van der Waals surface area contributed by atoms with Crippen LogP contribution in [0.5, 0.6) is 5.75 Å². The van der Waals surface area contributed by atoms with Gasteiger partial charge in [-0.3, -0.25) is 4.98 Å². The second-order valence-electron chi connectivity index (χ2n) is 1.96. The Morgan fingerprint density at radius 3 is 2.82 bits per heavy atom. The highest BCUT2D eigenvalue weighted by atomic mass is 19.1. The first-order chi connectivity index (χ1) is 5.29. The number of aromatic nitrogens is 1. The molecule has 4 heteroatoms. The maximum Gasteiger partial charge on any atom is 0.150 e. The summed E-state index contributed by atoms with van der Waals surface area (Å²) in [5.74, 6) is -0.278. The van der Waals surface area contributed by atoms with Gasteiger partial charge in [-0.1, -0.05) is 0 Å². The Hall–Kier alpha value is -1.16. The molecule has 0 unspecified atom stereocenters. The number of aliphatic hydroxyl groups excluding tert-OH is 1. The molecule has 0 aromatic carbocycles. The van der Waals surface area contributed by atoms with Gasteiger partial charge in [-0.25, -0.2) is 4.39 Å². The molecule has 0 radical (unpaired) electrons. The minimum absolute atomic E-state index is 0.141. The summed E-state index contributed by atoms with van der Waals surface area (Å²) >= 11 is 0. The first kappa shape index (κ1) is 7.94. The molecule has 0 bridgehead atoms. The molecule has 0 atom stereocenters. The summed E-state index contributed by atoms with van der Waals surface area (Å²) in [4.78, 5) is 3.55. The Morgan fingerprint density at radius 1 is 1.64 bits per heavy atom. The third-order valence-corrected chi connectivity index (χ3v) is 1.34. The van der Waals surface area contributed by atoms with Crippen LogP contribution in [0.15, 0.2) is 12.4 Å². The van der Waals surface area contributed by atoms with E-state index in [0.29, 0.717) is 0 Å². The number of methoxy groups -OCH3 is 1. The molecule has 0 saturated carbocycles. The van der Waals surface area contributed by atoms with Crippen molar-refractivity contribution < 1.29 is 14.2 Å². The van der Waals surface area contributed by atoms with E-state index in [4.69, 9.17) is 9.84 Å². The van der Waals surface area contributed by atoms with Crippen molar-refractivity contribution in [1.29, 1.82) is 0 Å². The Morgan fingerprint density at radius 2 is 2.36 bits per heavy atom. The second kappa shape index (κ2) is 3.30. The highest BCUT2D eigenvalue weighted by Crippen LogP contribution is 2.18. The van der Waals surface area contributed by atoms with Crippen molar-refractivity contribution in [1.82, 2.24) is 4.98 Å². The van der Waals surface area contributed by atoms with Crippen LogP contribution in [0.4, 0.5) is 4.39 Å². The van der Waals surface area contributed by atoms with E-state index >= 15 is 0 Å². The summed E-state index contributed by atoms with van der Waals surface area (Å²) in [5, 5.41) is 8.68. The first-order valence-electron chi connectivity index (χ1n) is 3.06. The van der Waals surface area contributed by atoms with Crippen LogP contribution in [0.3, 0.4) is 0 Å². The number of halogens is 1. The van der Waals surface area contributed by atoms with Crippen LogP contribution < -0.4 is 4.74 Å². The van der Waals surface area contributed by atoms with Gasteiger partial charge in [0.2, 0.25) is 0 Å². The Balaban J connectivity index is 3.13. The summed E-state index contributed by atoms with van der Waals surface area (Å²) in [7, 11) is 1.40. The average molecular weight is 157 g/mol. The van der Waals surface area contributed by atoms with Crippen molar-refractivity contribution in [3.63, 3.8) is 0 Å². The van der Waals surface area contributed by atoms with E-state index in [1.54, 1.807) is 0 Å². The van der Waals surface area contributed by atoms with Gasteiger partial charge in [0, 0.05) is 0 Å². The summed E-state index contributed by atoms with van der Waals surface area (Å²) in [6.45, 7) is -0.377. The fraction of sp³-hybridized carbons (Fsp3) is 0.286. The fourth-order valence-electron chi connectivity index (χ4n) is 0.773. The van der Waals surface area contributed by atoms with E-state index in [0.717, 1.165) is 6.20 Å². The molecule has 0 aliphatic carbocycles. The number of hydrogen-bond acceptors (Lipinski definition) is 3. The van der Waals surface area contributed by atoms with Crippen molar-refractivity contribution in [2.45, 2.75) is 6.61 Å². The zero-order valence-corrected chi connectivity index (χ0v) is 6.04. The highest BCUT2D eigenvalue weighted by Gasteiger charge is 2.06. The van der Waals surface area contributed by atoms with Gasteiger partial charge in [0.15, 0.2) is 5.82 Å². The number of hydrogen-bond donors (Lipinski definition) is 1. The Bertz CT molecular complexity index is 252. The monoisotopic (exact) mass is 157 g/mol. The lowest BCUT2D eigenvalue weighted by atomic mass is 10.2. The summed E-state index contributed by atoms with van der Waals surface area (Å²) in [5.41, 5.74) is 0.141. The predicted octanol–water partition coefficient (Wildman–Crippen LogP) is 0.722. The maximum absolute atomic E-state index is 12.7. The number of pyridine rings is 1. The third kappa shape index (κ3) is 1.46. The van der Waals surface area contributed by atoms with Gasteiger partial charge < -0.3 is 9.84 Å². The first-order valence-corrected chi connectivity index (χ1v) is 3.06. The lowest BCUT2D eigenvalue weighted by Gasteiger charge is -2.04. The summed E-state index contributed by atoms with van der Waals surface area (Å²) in [6, 6.07) is 0. The number of rotatable bonds is 2. The minimum Gasteiger partial charge on any atom is -0.495 e.